The van der Waals surface area contributed by atoms with Crippen molar-refractivity contribution in [2.45, 2.75) is 0 Å². The van der Waals surface area contributed by atoms with E-state index in [-0.39, 0.29) is 0 Å². The molecule has 0 fully saturated rings. The summed E-state index contributed by atoms with van der Waals surface area (Å²) in [4.78, 5) is 10.7. The van der Waals surface area contributed by atoms with E-state index in [2.05, 4.69) is 132 Å². The molecule has 0 aliphatic rings. The van der Waals surface area contributed by atoms with E-state index < -0.39 is 0 Å². The Morgan fingerprint density at radius 2 is 0.955 bits per heavy atom. The highest BCUT2D eigenvalue weighted by molar-refractivity contribution is 7.24. The van der Waals surface area contributed by atoms with Crippen LogP contribution in [0.5, 0.6) is 0 Å². The summed E-state index contributed by atoms with van der Waals surface area (Å²) < 4.78 is 4.93. The van der Waals surface area contributed by atoms with Crippen LogP contribution in [0.15, 0.2) is 140 Å². The van der Waals surface area contributed by atoms with Crippen LogP contribution in [-0.2, 0) is 0 Å². The van der Waals surface area contributed by atoms with Gasteiger partial charge in [-0.1, -0.05) is 103 Å². The molecule has 0 N–H and O–H groups in total. The van der Waals surface area contributed by atoms with Gasteiger partial charge in [-0.15, -0.1) is 11.3 Å². The summed E-state index contributed by atoms with van der Waals surface area (Å²) in [6.45, 7) is 0. The van der Waals surface area contributed by atoms with Crippen LogP contribution in [0.1, 0.15) is 0 Å². The van der Waals surface area contributed by atoms with E-state index in [0.717, 1.165) is 39.1 Å². The summed E-state index contributed by atoms with van der Waals surface area (Å²) >= 11 is 1.88. The van der Waals surface area contributed by atoms with Gasteiger partial charge in [0.15, 0.2) is 5.82 Å². The Balaban J connectivity index is 1.35. The lowest BCUT2D eigenvalue weighted by molar-refractivity contribution is 1.08. The van der Waals surface area contributed by atoms with Gasteiger partial charge in [0.2, 0.25) is 0 Å². The van der Waals surface area contributed by atoms with Crippen LogP contribution >= 0.6 is 11.3 Å². The van der Waals surface area contributed by atoms with Gasteiger partial charge in [-0.2, -0.15) is 0 Å². The lowest BCUT2D eigenvalue weighted by Crippen LogP contribution is -2.03. The molecule has 0 amide bonds. The van der Waals surface area contributed by atoms with Crippen molar-refractivity contribution in [3.05, 3.63) is 140 Å². The third-order valence-corrected chi connectivity index (χ3v) is 10.1. The maximum absolute atomic E-state index is 5.37. The normalized spacial score (nSPS) is 12.1. The summed E-state index contributed by atoms with van der Waals surface area (Å²) in [5, 5.41) is 7.71. The van der Waals surface area contributed by atoms with Crippen LogP contribution in [0, 0.1) is 0 Å². The van der Waals surface area contributed by atoms with E-state index in [9.17, 15) is 0 Å². The molecule has 10 aromatic rings. The zero-order chi connectivity index (χ0) is 28.8. The first-order chi connectivity index (χ1) is 21.8. The molecular formula is C40H23N3S. The standard InChI is InChI=1S/C40H23N3S/c1-2-8-24(9-3-1)25-16-18-28(19-17-25)39-40(42-30-13-5-4-12-29(30)41-39)43-31-22-20-26-10-6-14-33-35(26)37(31)38-32(43)23-21-27-11-7-15-34(44-33)36(27)38/h1-23H. The van der Waals surface area contributed by atoms with Crippen molar-refractivity contribution in [3.63, 3.8) is 0 Å². The summed E-state index contributed by atoms with van der Waals surface area (Å²) in [6, 6.07) is 49.8. The molecule has 44 heavy (non-hydrogen) atoms. The highest BCUT2D eigenvalue weighted by Crippen LogP contribution is 2.46. The zero-order valence-corrected chi connectivity index (χ0v) is 24.3. The van der Waals surface area contributed by atoms with Crippen molar-refractivity contribution in [1.82, 2.24) is 14.5 Å². The lowest BCUT2D eigenvalue weighted by Gasteiger charge is -2.14. The molecule has 0 saturated carbocycles. The van der Waals surface area contributed by atoms with Crippen molar-refractivity contribution in [1.29, 1.82) is 0 Å². The molecule has 10 rings (SSSR count). The van der Waals surface area contributed by atoms with Gasteiger partial charge in [-0.25, -0.2) is 9.97 Å². The van der Waals surface area contributed by atoms with Crippen LogP contribution in [-0.4, -0.2) is 14.5 Å². The monoisotopic (exact) mass is 577 g/mol. The molecule has 0 radical (unpaired) electrons. The van der Waals surface area contributed by atoms with Crippen molar-refractivity contribution in [2.75, 3.05) is 0 Å². The topological polar surface area (TPSA) is 30.7 Å². The average molecular weight is 578 g/mol. The maximum atomic E-state index is 5.37. The first-order valence-electron chi connectivity index (χ1n) is 14.8. The molecule has 0 aliphatic heterocycles. The number of para-hydroxylation sites is 2. The molecule has 3 aromatic heterocycles. The average Bonchev–Trinajstić information content (AvgIpc) is 3.34. The molecular weight excluding hydrogens is 555 g/mol. The molecule has 0 spiro atoms. The van der Waals surface area contributed by atoms with Gasteiger partial charge >= 0.3 is 0 Å². The second-order valence-electron chi connectivity index (χ2n) is 11.4. The molecule has 3 heterocycles. The molecule has 0 bridgehead atoms. The predicted molar refractivity (Wildman–Crippen MR) is 186 cm³/mol. The number of benzene rings is 7. The summed E-state index contributed by atoms with van der Waals surface area (Å²) in [5.41, 5.74) is 8.36. The first kappa shape index (κ1) is 23.9. The van der Waals surface area contributed by atoms with Crippen LogP contribution in [0.25, 0.3) is 92.0 Å². The van der Waals surface area contributed by atoms with Crippen LogP contribution in [0.4, 0.5) is 0 Å². The Morgan fingerprint density at radius 1 is 0.409 bits per heavy atom. The number of rotatable bonds is 3. The third-order valence-electron chi connectivity index (χ3n) is 8.95. The minimum absolute atomic E-state index is 0.845. The van der Waals surface area contributed by atoms with Gasteiger partial charge in [0.1, 0.15) is 5.69 Å². The molecule has 4 heteroatoms. The SMILES string of the molecule is c1ccc(-c2ccc(-c3nc4ccccc4nc3-n3c4ccc5cccc6sc7cccc8ccc3c(c87)c4c56)cc2)cc1. The summed E-state index contributed by atoms with van der Waals surface area (Å²) in [5.74, 6) is 0.845. The largest absolute Gasteiger partial charge is 0.292 e. The fourth-order valence-electron chi connectivity index (χ4n) is 6.99. The number of aromatic nitrogens is 3. The molecule has 0 atom stereocenters. The number of hydrogen-bond acceptors (Lipinski definition) is 3. The molecule has 3 nitrogen and oxygen atoms in total. The Hall–Kier alpha value is -5.58. The molecule has 0 unspecified atom stereocenters. The van der Waals surface area contributed by atoms with E-state index in [1.807, 2.05) is 23.5 Å². The predicted octanol–water partition coefficient (Wildman–Crippen LogP) is 11.0. The molecule has 0 saturated heterocycles. The Labute approximate surface area is 256 Å². The van der Waals surface area contributed by atoms with E-state index in [0.29, 0.717) is 0 Å². The van der Waals surface area contributed by atoms with Gasteiger partial charge in [-0.05, 0) is 58.3 Å². The van der Waals surface area contributed by atoms with Crippen molar-refractivity contribution >= 4 is 75.1 Å². The fourth-order valence-corrected chi connectivity index (χ4v) is 8.16. The van der Waals surface area contributed by atoms with E-state index in [4.69, 9.17) is 9.97 Å². The Bertz CT molecular complexity index is 2600. The van der Waals surface area contributed by atoms with Gasteiger partial charge in [0, 0.05) is 36.5 Å². The van der Waals surface area contributed by atoms with Gasteiger partial charge < -0.3 is 0 Å². The van der Waals surface area contributed by atoms with Crippen molar-refractivity contribution in [2.24, 2.45) is 0 Å². The highest BCUT2D eigenvalue weighted by atomic mass is 32.1. The summed E-state index contributed by atoms with van der Waals surface area (Å²) in [7, 11) is 0. The zero-order valence-electron chi connectivity index (χ0n) is 23.5. The smallest absolute Gasteiger partial charge is 0.165 e. The quantitative estimate of drug-likeness (QED) is 0.209. The van der Waals surface area contributed by atoms with E-state index in [1.54, 1.807) is 0 Å². The van der Waals surface area contributed by atoms with Gasteiger partial charge in [0.25, 0.3) is 0 Å². The van der Waals surface area contributed by atoms with Crippen molar-refractivity contribution in [3.8, 4) is 28.2 Å². The second-order valence-corrected chi connectivity index (χ2v) is 12.5. The Kier molecular flexibility index (Phi) is 4.87. The minimum Gasteiger partial charge on any atom is -0.292 e. The fraction of sp³-hybridized carbons (Fsp3) is 0. The first-order valence-corrected chi connectivity index (χ1v) is 15.7. The third kappa shape index (κ3) is 3.31. The second kappa shape index (κ2) is 8.96. The van der Waals surface area contributed by atoms with Crippen LogP contribution in [0.2, 0.25) is 0 Å². The molecule has 7 aromatic carbocycles. The van der Waals surface area contributed by atoms with Crippen molar-refractivity contribution < 1.29 is 0 Å². The molecule has 204 valence electrons. The number of fused-ring (bicyclic) bond motifs is 1. The van der Waals surface area contributed by atoms with Gasteiger partial charge in [-0.3, -0.25) is 4.57 Å². The number of nitrogens with zero attached hydrogens (tertiary/aromatic N) is 3. The number of hydrogen-bond donors (Lipinski definition) is 0. The van der Waals surface area contributed by atoms with Crippen LogP contribution in [0.3, 0.4) is 0 Å². The van der Waals surface area contributed by atoms with E-state index in [1.165, 1.54) is 52.8 Å². The van der Waals surface area contributed by atoms with E-state index >= 15 is 0 Å². The Morgan fingerprint density at radius 3 is 1.59 bits per heavy atom. The molecule has 0 aliphatic carbocycles. The van der Waals surface area contributed by atoms with Gasteiger partial charge in [0.05, 0.1) is 22.1 Å². The van der Waals surface area contributed by atoms with Crippen LogP contribution < -0.4 is 0 Å². The maximum Gasteiger partial charge on any atom is 0.165 e. The summed E-state index contributed by atoms with van der Waals surface area (Å²) in [6.07, 6.45) is 0. The minimum atomic E-state index is 0.845. The lowest BCUT2D eigenvalue weighted by atomic mass is 10.00. The highest BCUT2D eigenvalue weighted by Gasteiger charge is 2.23.